The maximum atomic E-state index is 4.10. The molecule has 1 aromatic heterocycles. The van der Waals surface area contributed by atoms with Crippen molar-refractivity contribution in [3.63, 3.8) is 0 Å². The first-order chi connectivity index (χ1) is 11.7. The Bertz CT molecular complexity index is 599. The summed E-state index contributed by atoms with van der Waals surface area (Å²) in [7, 11) is 4.24. The smallest absolute Gasteiger partial charge is 0.0271 e. The quantitative estimate of drug-likeness (QED) is 0.810. The minimum atomic E-state index is 0.832. The fourth-order valence-corrected chi connectivity index (χ4v) is 3.57. The number of likely N-dealkylation sites (tertiary alicyclic amines) is 1. The first-order valence-corrected chi connectivity index (χ1v) is 9.03. The molecule has 1 fully saturated rings. The monoisotopic (exact) mass is 323 g/mol. The molecule has 1 saturated heterocycles. The molecular formula is C21H29N3. The predicted octanol–water partition coefficient (Wildman–Crippen LogP) is 3.60. The summed E-state index contributed by atoms with van der Waals surface area (Å²) in [6.45, 7) is 4.51. The summed E-state index contributed by atoms with van der Waals surface area (Å²) in [4.78, 5) is 8.89. The van der Waals surface area contributed by atoms with E-state index in [-0.39, 0.29) is 0 Å². The molecule has 2 heterocycles. The molecule has 0 atom stereocenters. The first-order valence-electron chi connectivity index (χ1n) is 9.03. The molecule has 0 bridgehead atoms. The fourth-order valence-electron chi connectivity index (χ4n) is 3.57. The van der Waals surface area contributed by atoms with Crippen LogP contribution in [0, 0.1) is 5.92 Å². The lowest BCUT2D eigenvalue weighted by Crippen LogP contribution is -2.33. The Balaban J connectivity index is 1.45. The number of pyridine rings is 1. The van der Waals surface area contributed by atoms with Gasteiger partial charge in [-0.05, 0) is 81.2 Å². The molecule has 0 saturated carbocycles. The zero-order valence-electron chi connectivity index (χ0n) is 15.0. The van der Waals surface area contributed by atoms with E-state index in [1.807, 2.05) is 12.4 Å². The van der Waals surface area contributed by atoms with E-state index in [0.717, 1.165) is 19.0 Å². The van der Waals surface area contributed by atoms with Crippen molar-refractivity contribution in [2.75, 3.05) is 27.2 Å². The van der Waals surface area contributed by atoms with Crippen molar-refractivity contribution in [2.45, 2.75) is 32.4 Å². The molecule has 3 rings (SSSR count). The minimum Gasteiger partial charge on any atom is -0.305 e. The lowest BCUT2D eigenvalue weighted by atomic mass is 9.90. The van der Waals surface area contributed by atoms with Gasteiger partial charge in [0, 0.05) is 25.5 Å². The molecule has 128 valence electrons. The van der Waals surface area contributed by atoms with Crippen molar-refractivity contribution in [3.05, 3.63) is 65.5 Å². The molecule has 1 aliphatic rings. The topological polar surface area (TPSA) is 19.4 Å². The standard InChI is InChI=1S/C21H29N3/c1-23(2)16-20-5-3-18(4-6-20)15-19-9-13-24(14-10-19)17-21-7-11-22-12-8-21/h3-8,11-12,19H,9-10,13-17H2,1-2H3. The summed E-state index contributed by atoms with van der Waals surface area (Å²) in [5.74, 6) is 0.832. The number of rotatable bonds is 6. The van der Waals surface area contributed by atoms with E-state index in [0.29, 0.717) is 0 Å². The highest BCUT2D eigenvalue weighted by molar-refractivity contribution is 5.23. The van der Waals surface area contributed by atoms with E-state index in [1.165, 1.54) is 49.0 Å². The summed E-state index contributed by atoms with van der Waals surface area (Å²) in [5, 5.41) is 0. The zero-order valence-corrected chi connectivity index (χ0v) is 15.0. The summed E-state index contributed by atoms with van der Waals surface area (Å²) < 4.78 is 0. The van der Waals surface area contributed by atoms with Crippen LogP contribution in [0.4, 0.5) is 0 Å². The van der Waals surface area contributed by atoms with Crippen LogP contribution in [0.1, 0.15) is 29.5 Å². The first kappa shape index (κ1) is 17.1. The van der Waals surface area contributed by atoms with Gasteiger partial charge in [0.25, 0.3) is 0 Å². The van der Waals surface area contributed by atoms with Gasteiger partial charge in [0.1, 0.15) is 0 Å². The van der Waals surface area contributed by atoms with Crippen molar-refractivity contribution >= 4 is 0 Å². The summed E-state index contributed by atoms with van der Waals surface area (Å²) in [6, 6.07) is 13.5. The molecule has 0 amide bonds. The summed E-state index contributed by atoms with van der Waals surface area (Å²) in [6.07, 6.45) is 7.63. The molecular weight excluding hydrogens is 294 g/mol. The largest absolute Gasteiger partial charge is 0.305 e. The normalized spacial score (nSPS) is 16.6. The highest BCUT2D eigenvalue weighted by Gasteiger charge is 2.19. The number of hydrogen-bond acceptors (Lipinski definition) is 3. The van der Waals surface area contributed by atoms with Crippen LogP contribution in [0.25, 0.3) is 0 Å². The van der Waals surface area contributed by atoms with Crippen molar-refractivity contribution in [3.8, 4) is 0 Å². The van der Waals surface area contributed by atoms with E-state index in [2.05, 4.69) is 65.3 Å². The van der Waals surface area contributed by atoms with Gasteiger partial charge in [-0.1, -0.05) is 24.3 Å². The molecule has 3 heteroatoms. The lowest BCUT2D eigenvalue weighted by Gasteiger charge is -2.32. The third-order valence-corrected chi connectivity index (χ3v) is 4.91. The third kappa shape index (κ3) is 5.15. The maximum absolute atomic E-state index is 4.10. The van der Waals surface area contributed by atoms with Gasteiger partial charge in [-0.15, -0.1) is 0 Å². The van der Waals surface area contributed by atoms with Crippen molar-refractivity contribution in [1.29, 1.82) is 0 Å². The Kier molecular flexibility index (Phi) is 6.00. The molecule has 0 radical (unpaired) electrons. The zero-order chi connectivity index (χ0) is 16.8. The van der Waals surface area contributed by atoms with Crippen LogP contribution < -0.4 is 0 Å². The second-order valence-electron chi connectivity index (χ2n) is 7.33. The molecule has 3 nitrogen and oxygen atoms in total. The number of benzene rings is 1. The summed E-state index contributed by atoms with van der Waals surface area (Å²) in [5.41, 5.74) is 4.26. The van der Waals surface area contributed by atoms with Crippen LogP contribution in [0.5, 0.6) is 0 Å². The third-order valence-electron chi connectivity index (χ3n) is 4.91. The van der Waals surface area contributed by atoms with E-state index < -0.39 is 0 Å². The molecule has 0 N–H and O–H groups in total. The van der Waals surface area contributed by atoms with Crippen LogP contribution in [-0.4, -0.2) is 42.0 Å². The second kappa shape index (κ2) is 8.41. The van der Waals surface area contributed by atoms with E-state index in [4.69, 9.17) is 0 Å². The highest BCUT2D eigenvalue weighted by Crippen LogP contribution is 2.23. The van der Waals surface area contributed by atoms with E-state index in [9.17, 15) is 0 Å². The average Bonchev–Trinajstić information content (AvgIpc) is 2.59. The number of piperidine rings is 1. The van der Waals surface area contributed by atoms with Gasteiger partial charge in [0.2, 0.25) is 0 Å². The van der Waals surface area contributed by atoms with Crippen molar-refractivity contribution < 1.29 is 0 Å². The van der Waals surface area contributed by atoms with E-state index >= 15 is 0 Å². The fraction of sp³-hybridized carbons (Fsp3) is 0.476. The van der Waals surface area contributed by atoms with Crippen LogP contribution >= 0.6 is 0 Å². The van der Waals surface area contributed by atoms with Crippen LogP contribution in [0.2, 0.25) is 0 Å². The van der Waals surface area contributed by atoms with Crippen LogP contribution in [0.15, 0.2) is 48.8 Å². The minimum absolute atomic E-state index is 0.832. The van der Waals surface area contributed by atoms with Gasteiger partial charge >= 0.3 is 0 Å². The number of hydrogen-bond donors (Lipinski definition) is 0. The Morgan fingerprint density at radius 2 is 1.54 bits per heavy atom. The van der Waals surface area contributed by atoms with Gasteiger partial charge in [0.05, 0.1) is 0 Å². The molecule has 24 heavy (non-hydrogen) atoms. The van der Waals surface area contributed by atoms with Crippen LogP contribution in [0.3, 0.4) is 0 Å². The van der Waals surface area contributed by atoms with Crippen molar-refractivity contribution in [1.82, 2.24) is 14.8 Å². The molecule has 0 aliphatic carbocycles. The molecule has 1 aromatic carbocycles. The van der Waals surface area contributed by atoms with E-state index in [1.54, 1.807) is 0 Å². The highest BCUT2D eigenvalue weighted by atomic mass is 15.1. The molecule has 0 unspecified atom stereocenters. The van der Waals surface area contributed by atoms with Gasteiger partial charge in [-0.25, -0.2) is 0 Å². The predicted molar refractivity (Wildman–Crippen MR) is 99.8 cm³/mol. The molecule has 2 aromatic rings. The van der Waals surface area contributed by atoms with Gasteiger partial charge in [-0.2, -0.15) is 0 Å². The summed E-state index contributed by atoms with van der Waals surface area (Å²) >= 11 is 0. The molecule has 1 aliphatic heterocycles. The number of aromatic nitrogens is 1. The lowest BCUT2D eigenvalue weighted by molar-refractivity contribution is 0.177. The average molecular weight is 323 g/mol. The number of nitrogens with zero attached hydrogens (tertiary/aromatic N) is 3. The van der Waals surface area contributed by atoms with Gasteiger partial charge in [0.15, 0.2) is 0 Å². The molecule has 0 spiro atoms. The Morgan fingerprint density at radius 3 is 2.17 bits per heavy atom. The maximum Gasteiger partial charge on any atom is 0.0271 e. The van der Waals surface area contributed by atoms with Gasteiger partial charge in [-0.3, -0.25) is 9.88 Å². The Hall–Kier alpha value is -1.71. The SMILES string of the molecule is CN(C)Cc1ccc(CC2CCN(Cc3ccncc3)CC2)cc1. The Morgan fingerprint density at radius 1 is 0.917 bits per heavy atom. The van der Waals surface area contributed by atoms with Crippen LogP contribution in [-0.2, 0) is 19.5 Å². The van der Waals surface area contributed by atoms with Crippen molar-refractivity contribution in [2.24, 2.45) is 5.92 Å². The second-order valence-corrected chi connectivity index (χ2v) is 7.33. The Labute approximate surface area is 146 Å². The van der Waals surface area contributed by atoms with Gasteiger partial charge < -0.3 is 4.90 Å².